The molecule has 0 aromatic heterocycles. The van der Waals surface area contributed by atoms with E-state index in [2.05, 4.69) is 58.1 Å². The molecule has 2 nitrogen and oxygen atoms in total. The van der Waals surface area contributed by atoms with Gasteiger partial charge in [-0.3, -0.25) is 0 Å². The van der Waals surface area contributed by atoms with Crippen LogP contribution in [0.4, 0.5) is 0 Å². The van der Waals surface area contributed by atoms with Crippen molar-refractivity contribution in [2.24, 2.45) is 5.92 Å². The van der Waals surface area contributed by atoms with Crippen LogP contribution in [0.2, 0.25) is 0 Å². The third-order valence-corrected chi connectivity index (χ3v) is 3.21. The van der Waals surface area contributed by atoms with E-state index in [9.17, 15) is 5.11 Å². The summed E-state index contributed by atoms with van der Waals surface area (Å²) in [5.74, 6) is 0.438. The van der Waals surface area contributed by atoms with E-state index in [0.717, 1.165) is 0 Å². The van der Waals surface area contributed by atoms with Crippen molar-refractivity contribution in [2.45, 2.75) is 46.7 Å². The average Bonchev–Trinajstić information content (AvgIpc) is 2.23. The molecule has 96 valence electrons. The van der Waals surface area contributed by atoms with Crippen LogP contribution < -0.4 is 5.32 Å². The second-order valence-electron chi connectivity index (χ2n) is 5.34. The summed E-state index contributed by atoms with van der Waals surface area (Å²) in [5, 5.41) is 12.8. The van der Waals surface area contributed by atoms with Crippen LogP contribution in [0.15, 0.2) is 18.2 Å². The van der Waals surface area contributed by atoms with Crippen molar-refractivity contribution in [1.29, 1.82) is 0 Å². The Labute approximate surface area is 105 Å². The zero-order chi connectivity index (χ0) is 13.0. The third kappa shape index (κ3) is 4.14. The highest BCUT2D eigenvalue weighted by Crippen LogP contribution is 2.18. The molecule has 1 unspecified atom stereocenters. The lowest BCUT2D eigenvalue weighted by molar-refractivity contribution is 0.201. The largest absolute Gasteiger partial charge is 0.395 e. The fourth-order valence-electron chi connectivity index (χ4n) is 2.13. The Balaban J connectivity index is 2.78. The minimum absolute atomic E-state index is 0.158. The van der Waals surface area contributed by atoms with Crippen molar-refractivity contribution >= 4 is 0 Å². The molecule has 0 saturated carbocycles. The molecule has 1 aromatic rings. The van der Waals surface area contributed by atoms with Crippen LogP contribution in [0.3, 0.4) is 0 Å². The molecule has 0 aliphatic carbocycles. The van der Waals surface area contributed by atoms with Crippen molar-refractivity contribution in [3.63, 3.8) is 0 Å². The molecule has 0 bridgehead atoms. The van der Waals surface area contributed by atoms with Crippen LogP contribution in [0.1, 0.15) is 43.5 Å². The van der Waals surface area contributed by atoms with Gasteiger partial charge in [-0.25, -0.2) is 0 Å². The number of hydrogen-bond acceptors (Lipinski definition) is 2. The van der Waals surface area contributed by atoms with Crippen LogP contribution in [0.25, 0.3) is 0 Å². The van der Waals surface area contributed by atoms with Crippen LogP contribution in [-0.4, -0.2) is 17.8 Å². The highest BCUT2D eigenvalue weighted by Gasteiger charge is 2.15. The van der Waals surface area contributed by atoms with Crippen LogP contribution in [0, 0.1) is 19.8 Å². The molecule has 0 aliphatic heterocycles. The fraction of sp³-hybridized carbons (Fsp3) is 0.600. The maximum atomic E-state index is 9.34. The predicted molar refractivity (Wildman–Crippen MR) is 73.2 cm³/mol. The smallest absolute Gasteiger partial charge is 0.0587 e. The third-order valence-electron chi connectivity index (χ3n) is 3.21. The zero-order valence-corrected chi connectivity index (χ0v) is 11.6. The fourth-order valence-corrected chi connectivity index (χ4v) is 2.13. The molecule has 0 saturated heterocycles. The molecule has 2 heteroatoms. The summed E-state index contributed by atoms with van der Waals surface area (Å²) in [7, 11) is 0. The lowest BCUT2D eigenvalue weighted by Crippen LogP contribution is -2.38. The Hall–Kier alpha value is -0.860. The number of rotatable bonds is 5. The van der Waals surface area contributed by atoms with Gasteiger partial charge in [-0.05, 0) is 32.3 Å². The first-order valence-electron chi connectivity index (χ1n) is 6.39. The Kier molecular flexibility index (Phi) is 5.16. The number of hydrogen-bond donors (Lipinski definition) is 2. The minimum Gasteiger partial charge on any atom is -0.395 e. The molecular weight excluding hydrogens is 210 g/mol. The predicted octanol–water partition coefficient (Wildman–Crippen LogP) is 2.97. The summed E-state index contributed by atoms with van der Waals surface area (Å²) in [5.41, 5.74) is 3.87. The van der Waals surface area contributed by atoms with E-state index in [-0.39, 0.29) is 18.7 Å². The maximum Gasteiger partial charge on any atom is 0.0587 e. The molecule has 1 aromatic carbocycles. The van der Waals surface area contributed by atoms with E-state index in [1.54, 1.807) is 0 Å². The van der Waals surface area contributed by atoms with Crippen LogP contribution >= 0.6 is 0 Å². The summed E-state index contributed by atoms with van der Waals surface area (Å²) in [6.45, 7) is 10.8. The monoisotopic (exact) mass is 235 g/mol. The summed E-state index contributed by atoms with van der Waals surface area (Å²) < 4.78 is 0. The normalized spacial score (nSPS) is 15.0. The first-order chi connectivity index (χ1) is 7.93. The van der Waals surface area contributed by atoms with Crippen molar-refractivity contribution in [2.75, 3.05) is 6.61 Å². The van der Waals surface area contributed by atoms with Crippen molar-refractivity contribution in [3.05, 3.63) is 34.9 Å². The second-order valence-corrected chi connectivity index (χ2v) is 5.34. The van der Waals surface area contributed by atoms with E-state index in [0.29, 0.717) is 5.92 Å². The van der Waals surface area contributed by atoms with Gasteiger partial charge in [0.15, 0.2) is 0 Å². The molecule has 2 atom stereocenters. The minimum atomic E-state index is 0.158. The maximum absolute atomic E-state index is 9.34. The van der Waals surface area contributed by atoms with Gasteiger partial charge in [-0.1, -0.05) is 43.2 Å². The van der Waals surface area contributed by atoms with Gasteiger partial charge < -0.3 is 10.4 Å². The molecule has 0 heterocycles. The molecule has 1 rings (SSSR count). The highest BCUT2D eigenvalue weighted by atomic mass is 16.3. The van der Waals surface area contributed by atoms with Crippen LogP contribution in [-0.2, 0) is 0 Å². The number of nitrogens with one attached hydrogen (secondary N) is 1. The number of benzene rings is 1. The summed E-state index contributed by atoms with van der Waals surface area (Å²) >= 11 is 0. The Bertz CT molecular complexity index is 340. The Morgan fingerprint density at radius 3 is 2.00 bits per heavy atom. The summed E-state index contributed by atoms with van der Waals surface area (Å²) in [4.78, 5) is 0. The van der Waals surface area contributed by atoms with E-state index in [1.807, 2.05) is 0 Å². The van der Waals surface area contributed by atoms with Gasteiger partial charge in [0.05, 0.1) is 6.61 Å². The van der Waals surface area contributed by atoms with Gasteiger partial charge in [-0.15, -0.1) is 0 Å². The number of aliphatic hydroxyl groups is 1. The molecule has 0 amide bonds. The standard InChI is InChI=1S/C15H25NO/c1-10(2)15(9-17)16-13(5)14-7-11(3)6-12(4)8-14/h6-8,10,13,15-17H,9H2,1-5H3/t13?,15-/m1/s1. The lowest BCUT2D eigenvalue weighted by atomic mass is 9.99. The molecule has 0 aliphatic rings. The molecular formula is C15H25NO. The first kappa shape index (κ1) is 14.2. The highest BCUT2D eigenvalue weighted by molar-refractivity contribution is 5.30. The number of aryl methyl sites for hydroxylation is 2. The van der Waals surface area contributed by atoms with Gasteiger partial charge >= 0.3 is 0 Å². The second kappa shape index (κ2) is 6.18. The van der Waals surface area contributed by atoms with Crippen molar-refractivity contribution in [3.8, 4) is 0 Å². The Morgan fingerprint density at radius 2 is 1.59 bits per heavy atom. The Morgan fingerprint density at radius 1 is 1.06 bits per heavy atom. The molecule has 17 heavy (non-hydrogen) atoms. The van der Waals surface area contributed by atoms with E-state index in [1.165, 1.54) is 16.7 Å². The van der Waals surface area contributed by atoms with Gasteiger partial charge in [-0.2, -0.15) is 0 Å². The van der Waals surface area contributed by atoms with Gasteiger partial charge in [0, 0.05) is 12.1 Å². The zero-order valence-electron chi connectivity index (χ0n) is 11.6. The molecule has 0 fully saturated rings. The molecule has 0 spiro atoms. The van der Waals surface area contributed by atoms with Crippen molar-refractivity contribution < 1.29 is 5.11 Å². The molecule has 2 N–H and O–H groups in total. The topological polar surface area (TPSA) is 32.3 Å². The van der Waals surface area contributed by atoms with Crippen LogP contribution in [0.5, 0.6) is 0 Å². The quantitative estimate of drug-likeness (QED) is 0.822. The summed E-state index contributed by atoms with van der Waals surface area (Å²) in [6.07, 6.45) is 0. The van der Waals surface area contributed by atoms with E-state index >= 15 is 0 Å². The van der Waals surface area contributed by atoms with E-state index < -0.39 is 0 Å². The summed E-state index contributed by atoms with van der Waals surface area (Å²) in [6, 6.07) is 7.03. The lowest BCUT2D eigenvalue weighted by Gasteiger charge is -2.25. The SMILES string of the molecule is Cc1cc(C)cc(C(C)N[C@H](CO)C(C)C)c1. The molecule has 0 radical (unpaired) electrons. The first-order valence-corrected chi connectivity index (χ1v) is 6.39. The van der Waals surface area contributed by atoms with E-state index in [4.69, 9.17) is 0 Å². The van der Waals surface area contributed by atoms with Gasteiger partial charge in [0.25, 0.3) is 0 Å². The number of aliphatic hydroxyl groups excluding tert-OH is 1. The van der Waals surface area contributed by atoms with Gasteiger partial charge in [0.2, 0.25) is 0 Å². The average molecular weight is 235 g/mol. The van der Waals surface area contributed by atoms with Gasteiger partial charge in [0.1, 0.15) is 0 Å². The van der Waals surface area contributed by atoms with Crippen molar-refractivity contribution in [1.82, 2.24) is 5.32 Å².